The van der Waals surface area contributed by atoms with Crippen molar-refractivity contribution in [2.75, 3.05) is 5.32 Å². The first-order valence-electron chi connectivity index (χ1n) is 8.48. The van der Waals surface area contributed by atoms with Crippen molar-refractivity contribution in [3.05, 3.63) is 76.6 Å². The standard InChI is InChI=1S/C20H15N5S2/c1-2-5-14(6-3-1)11-21-19-17-20(24-18(23-19)16-7-4-9-27-16)25(13-22-17)15-8-10-26-12-15/h1-10,12-13H,11H2,(H,21,23,24). The summed E-state index contributed by atoms with van der Waals surface area (Å²) in [6.07, 6.45) is 1.81. The zero-order valence-corrected chi connectivity index (χ0v) is 15.9. The van der Waals surface area contributed by atoms with Crippen LogP contribution < -0.4 is 5.32 Å². The lowest BCUT2D eigenvalue weighted by Crippen LogP contribution is -2.04. The molecule has 0 radical (unpaired) electrons. The van der Waals surface area contributed by atoms with Gasteiger partial charge in [0.2, 0.25) is 0 Å². The van der Waals surface area contributed by atoms with Crippen LogP contribution in [-0.4, -0.2) is 19.5 Å². The smallest absolute Gasteiger partial charge is 0.174 e. The monoisotopic (exact) mass is 389 g/mol. The van der Waals surface area contributed by atoms with Crippen LogP contribution in [0, 0.1) is 0 Å². The lowest BCUT2D eigenvalue weighted by Gasteiger charge is -2.09. The molecule has 0 atom stereocenters. The molecular formula is C20H15N5S2. The van der Waals surface area contributed by atoms with E-state index in [4.69, 9.17) is 9.97 Å². The van der Waals surface area contributed by atoms with Crippen LogP contribution in [-0.2, 0) is 6.54 Å². The lowest BCUT2D eigenvalue weighted by molar-refractivity contribution is 1.06. The minimum absolute atomic E-state index is 0.683. The van der Waals surface area contributed by atoms with E-state index in [9.17, 15) is 0 Å². The molecule has 5 aromatic rings. The third kappa shape index (κ3) is 3.11. The normalized spacial score (nSPS) is 11.1. The molecule has 0 unspecified atom stereocenters. The average Bonchev–Trinajstić information content (AvgIpc) is 3.47. The number of nitrogens with one attached hydrogen (secondary N) is 1. The van der Waals surface area contributed by atoms with E-state index < -0.39 is 0 Å². The Hall–Kier alpha value is -3.03. The Balaban J connectivity index is 1.62. The van der Waals surface area contributed by atoms with Gasteiger partial charge in [0.25, 0.3) is 0 Å². The van der Waals surface area contributed by atoms with Crippen LogP contribution in [0.15, 0.2) is 71.0 Å². The molecule has 5 nitrogen and oxygen atoms in total. The minimum atomic E-state index is 0.683. The van der Waals surface area contributed by atoms with E-state index in [0.717, 1.165) is 27.5 Å². The Morgan fingerprint density at radius 3 is 2.67 bits per heavy atom. The summed E-state index contributed by atoms with van der Waals surface area (Å²) in [5.41, 5.74) is 3.84. The number of nitrogens with zero attached hydrogens (tertiary/aromatic N) is 4. The summed E-state index contributed by atoms with van der Waals surface area (Å²) in [5, 5.41) is 9.62. The Morgan fingerprint density at radius 2 is 1.89 bits per heavy atom. The van der Waals surface area contributed by atoms with Crippen LogP contribution in [0.25, 0.3) is 27.6 Å². The molecule has 4 heterocycles. The van der Waals surface area contributed by atoms with E-state index in [0.29, 0.717) is 12.4 Å². The molecule has 132 valence electrons. The second-order valence-electron chi connectivity index (χ2n) is 5.98. The number of aromatic nitrogens is 4. The highest BCUT2D eigenvalue weighted by molar-refractivity contribution is 7.13. The fourth-order valence-corrected chi connectivity index (χ4v) is 4.19. The molecule has 1 aromatic carbocycles. The van der Waals surface area contributed by atoms with Gasteiger partial charge < -0.3 is 5.32 Å². The molecule has 27 heavy (non-hydrogen) atoms. The predicted octanol–water partition coefficient (Wildman–Crippen LogP) is 5.22. The Morgan fingerprint density at radius 1 is 0.963 bits per heavy atom. The van der Waals surface area contributed by atoms with Crippen LogP contribution in [0.2, 0.25) is 0 Å². The van der Waals surface area contributed by atoms with Crippen molar-refractivity contribution in [2.45, 2.75) is 6.54 Å². The molecule has 0 spiro atoms. The van der Waals surface area contributed by atoms with Gasteiger partial charge in [-0.1, -0.05) is 36.4 Å². The van der Waals surface area contributed by atoms with Crippen LogP contribution in [0.3, 0.4) is 0 Å². The zero-order chi connectivity index (χ0) is 18.1. The predicted molar refractivity (Wildman–Crippen MR) is 112 cm³/mol. The van der Waals surface area contributed by atoms with Crippen LogP contribution in [0.1, 0.15) is 5.56 Å². The molecule has 0 bridgehead atoms. The van der Waals surface area contributed by atoms with Gasteiger partial charge in [-0.2, -0.15) is 11.3 Å². The molecule has 5 rings (SSSR count). The number of hydrogen-bond acceptors (Lipinski definition) is 6. The van der Waals surface area contributed by atoms with Gasteiger partial charge in [0.1, 0.15) is 6.33 Å². The van der Waals surface area contributed by atoms with E-state index >= 15 is 0 Å². The number of fused-ring (bicyclic) bond motifs is 1. The maximum absolute atomic E-state index is 4.81. The summed E-state index contributed by atoms with van der Waals surface area (Å²) in [6, 6.07) is 16.4. The quantitative estimate of drug-likeness (QED) is 0.448. The van der Waals surface area contributed by atoms with Crippen molar-refractivity contribution in [2.24, 2.45) is 0 Å². The fraction of sp³-hybridized carbons (Fsp3) is 0.0500. The fourth-order valence-electron chi connectivity index (χ4n) is 2.90. The summed E-state index contributed by atoms with van der Waals surface area (Å²) < 4.78 is 2.01. The van der Waals surface area contributed by atoms with Crippen LogP contribution in [0.5, 0.6) is 0 Å². The lowest BCUT2D eigenvalue weighted by atomic mass is 10.2. The van der Waals surface area contributed by atoms with Crippen molar-refractivity contribution in [1.82, 2.24) is 19.5 Å². The van der Waals surface area contributed by atoms with Crippen molar-refractivity contribution in [3.63, 3.8) is 0 Å². The highest BCUT2D eigenvalue weighted by Crippen LogP contribution is 2.28. The topological polar surface area (TPSA) is 55.6 Å². The molecule has 1 N–H and O–H groups in total. The maximum Gasteiger partial charge on any atom is 0.174 e. The SMILES string of the molecule is c1ccc(CNc2nc(-c3cccs3)nc3c2ncn3-c2ccsc2)cc1. The summed E-state index contributed by atoms with van der Waals surface area (Å²) in [7, 11) is 0. The van der Waals surface area contributed by atoms with E-state index in [-0.39, 0.29) is 0 Å². The Kier molecular flexibility index (Phi) is 4.16. The van der Waals surface area contributed by atoms with Gasteiger partial charge in [0, 0.05) is 11.9 Å². The highest BCUT2D eigenvalue weighted by Gasteiger charge is 2.16. The number of hydrogen-bond donors (Lipinski definition) is 1. The van der Waals surface area contributed by atoms with Gasteiger partial charge in [-0.3, -0.25) is 4.57 Å². The van der Waals surface area contributed by atoms with Gasteiger partial charge in [-0.15, -0.1) is 11.3 Å². The van der Waals surface area contributed by atoms with Crippen molar-refractivity contribution in [3.8, 4) is 16.4 Å². The van der Waals surface area contributed by atoms with E-state index in [1.807, 2.05) is 46.6 Å². The van der Waals surface area contributed by atoms with Crippen molar-refractivity contribution >= 4 is 39.7 Å². The minimum Gasteiger partial charge on any atom is -0.364 e. The first-order chi connectivity index (χ1) is 13.4. The molecule has 7 heteroatoms. The summed E-state index contributed by atoms with van der Waals surface area (Å²) >= 11 is 3.29. The number of rotatable bonds is 5. The maximum atomic E-state index is 4.81. The van der Waals surface area contributed by atoms with Crippen molar-refractivity contribution in [1.29, 1.82) is 0 Å². The van der Waals surface area contributed by atoms with E-state index in [1.165, 1.54) is 5.56 Å². The third-order valence-corrected chi connectivity index (χ3v) is 5.76. The van der Waals surface area contributed by atoms with Gasteiger partial charge in [-0.05, 0) is 28.5 Å². The van der Waals surface area contributed by atoms with Gasteiger partial charge in [-0.25, -0.2) is 15.0 Å². The molecular weight excluding hydrogens is 374 g/mol. The Bertz CT molecular complexity index is 1160. The van der Waals surface area contributed by atoms with Gasteiger partial charge in [0.05, 0.1) is 10.6 Å². The molecule has 0 aliphatic rings. The number of anilines is 1. The Labute approximate surface area is 164 Å². The zero-order valence-electron chi connectivity index (χ0n) is 14.2. The second kappa shape index (κ2) is 6.94. The van der Waals surface area contributed by atoms with Gasteiger partial charge >= 0.3 is 0 Å². The van der Waals surface area contributed by atoms with E-state index in [1.54, 1.807) is 22.7 Å². The molecule has 0 aliphatic carbocycles. The number of thiophene rings is 2. The first kappa shape index (κ1) is 16.2. The molecule has 0 aliphatic heterocycles. The van der Waals surface area contributed by atoms with Crippen LogP contribution in [0.4, 0.5) is 5.82 Å². The summed E-state index contributed by atoms with van der Waals surface area (Å²) in [6.45, 7) is 0.683. The summed E-state index contributed by atoms with van der Waals surface area (Å²) in [4.78, 5) is 15.2. The van der Waals surface area contributed by atoms with Crippen LogP contribution >= 0.6 is 22.7 Å². The van der Waals surface area contributed by atoms with Gasteiger partial charge in [0.15, 0.2) is 22.8 Å². The largest absolute Gasteiger partial charge is 0.364 e. The number of imidazole rings is 1. The second-order valence-corrected chi connectivity index (χ2v) is 7.71. The summed E-state index contributed by atoms with van der Waals surface area (Å²) in [5.74, 6) is 1.46. The third-order valence-electron chi connectivity index (χ3n) is 4.22. The molecule has 0 saturated carbocycles. The average molecular weight is 390 g/mol. The van der Waals surface area contributed by atoms with Crippen molar-refractivity contribution < 1.29 is 0 Å². The molecule has 4 aromatic heterocycles. The van der Waals surface area contributed by atoms with E-state index in [2.05, 4.69) is 39.3 Å². The molecule has 0 fully saturated rings. The molecule has 0 saturated heterocycles. The highest BCUT2D eigenvalue weighted by atomic mass is 32.1. The first-order valence-corrected chi connectivity index (χ1v) is 10.3. The number of benzene rings is 1. The molecule has 0 amide bonds.